The zero-order chi connectivity index (χ0) is 18.5. The number of carbonyl (C=O) groups is 1. The summed E-state index contributed by atoms with van der Waals surface area (Å²) in [6, 6.07) is 13.3. The molecule has 0 bridgehead atoms. The van der Waals surface area contributed by atoms with Crippen molar-refractivity contribution in [2.75, 3.05) is 19.4 Å². The summed E-state index contributed by atoms with van der Waals surface area (Å²) < 4.78 is 5.43. The molecule has 0 saturated heterocycles. The van der Waals surface area contributed by atoms with E-state index in [1.165, 1.54) is 11.8 Å². The van der Waals surface area contributed by atoms with Crippen LogP contribution in [0.2, 0.25) is 5.02 Å². The highest BCUT2D eigenvalue weighted by Gasteiger charge is 2.12. The maximum Gasteiger partial charge on any atom is 0.233 e. The molecular weight excluding hydrogens is 370 g/mol. The number of amides is 1. The highest BCUT2D eigenvalue weighted by molar-refractivity contribution is 7.99. The summed E-state index contributed by atoms with van der Waals surface area (Å²) in [5.74, 6) is 1.20. The molecule has 1 amide bonds. The van der Waals surface area contributed by atoms with Gasteiger partial charge in [-0.15, -0.1) is 0 Å². The zero-order valence-electron chi connectivity index (χ0n) is 14.7. The summed E-state index contributed by atoms with van der Waals surface area (Å²) in [6.07, 6.45) is 0. The van der Waals surface area contributed by atoms with Crippen LogP contribution in [-0.4, -0.2) is 40.2 Å². The molecule has 0 spiro atoms. The normalized spacial score (nSPS) is 10.9. The van der Waals surface area contributed by atoms with Gasteiger partial charge in [-0.05, 0) is 42.8 Å². The van der Waals surface area contributed by atoms with E-state index >= 15 is 0 Å². The largest absolute Gasteiger partial charge is 0.494 e. The standard InChI is InChI=1S/C19H20ClN3O2S/c1-3-25-15-7-4-13(5-8-15)11-23(2)18(24)12-26-19-21-16-9-6-14(20)10-17(16)22-19/h4-10H,3,11-12H2,1-2H3,(H,21,22). The molecule has 1 heterocycles. The molecule has 0 radical (unpaired) electrons. The van der Waals surface area contributed by atoms with Gasteiger partial charge < -0.3 is 14.6 Å². The van der Waals surface area contributed by atoms with Gasteiger partial charge in [0.2, 0.25) is 5.91 Å². The monoisotopic (exact) mass is 389 g/mol. The van der Waals surface area contributed by atoms with Gasteiger partial charge in [-0.1, -0.05) is 35.5 Å². The fourth-order valence-corrected chi connectivity index (χ4v) is 3.48. The Morgan fingerprint density at radius 3 is 2.77 bits per heavy atom. The van der Waals surface area contributed by atoms with Crippen LogP contribution in [0.5, 0.6) is 5.75 Å². The molecule has 0 saturated carbocycles. The molecule has 7 heteroatoms. The lowest BCUT2D eigenvalue weighted by Crippen LogP contribution is -2.27. The number of halogens is 1. The molecule has 0 aliphatic rings. The van der Waals surface area contributed by atoms with Crippen LogP contribution in [0.3, 0.4) is 0 Å². The van der Waals surface area contributed by atoms with Crippen molar-refractivity contribution in [1.29, 1.82) is 0 Å². The summed E-state index contributed by atoms with van der Waals surface area (Å²) in [5, 5.41) is 1.37. The molecule has 3 aromatic rings. The first-order chi connectivity index (χ1) is 12.5. The lowest BCUT2D eigenvalue weighted by molar-refractivity contribution is -0.127. The van der Waals surface area contributed by atoms with Gasteiger partial charge in [-0.2, -0.15) is 0 Å². The minimum Gasteiger partial charge on any atom is -0.494 e. The van der Waals surface area contributed by atoms with Crippen LogP contribution in [-0.2, 0) is 11.3 Å². The van der Waals surface area contributed by atoms with Crippen LogP contribution in [0.1, 0.15) is 12.5 Å². The molecule has 0 atom stereocenters. The lowest BCUT2D eigenvalue weighted by atomic mass is 10.2. The second-order valence-electron chi connectivity index (χ2n) is 5.82. The molecule has 136 valence electrons. The zero-order valence-corrected chi connectivity index (χ0v) is 16.2. The molecule has 2 aromatic carbocycles. The Labute approximate surface area is 161 Å². The Hall–Kier alpha value is -2.18. The summed E-state index contributed by atoms with van der Waals surface area (Å²) in [6.45, 7) is 3.15. The summed E-state index contributed by atoms with van der Waals surface area (Å²) in [4.78, 5) is 21.7. The molecule has 0 fully saturated rings. The predicted octanol–water partition coefficient (Wildman–Crippen LogP) is 4.37. The SMILES string of the molecule is CCOc1ccc(CN(C)C(=O)CSc2nc3ccc(Cl)cc3[nH]2)cc1. The van der Waals surface area contributed by atoms with Gasteiger partial charge in [-0.25, -0.2) is 4.98 Å². The molecule has 1 aromatic heterocycles. The molecule has 0 aliphatic heterocycles. The van der Waals surface area contributed by atoms with Crippen molar-refractivity contribution in [1.82, 2.24) is 14.9 Å². The van der Waals surface area contributed by atoms with Crippen molar-refractivity contribution in [3.05, 3.63) is 53.1 Å². The van der Waals surface area contributed by atoms with E-state index in [2.05, 4.69) is 9.97 Å². The molecule has 1 N–H and O–H groups in total. The van der Waals surface area contributed by atoms with E-state index in [1.54, 1.807) is 18.0 Å². The minimum atomic E-state index is 0.0439. The number of rotatable bonds is 7. The van der Waals surface area contributed by atoms with Gasteiger partial charge >= 0.3 is 0 Å². The smallest absolute Gasteiger partial charge is 0.233 e. The van der Waals surface area contributed by atoms with E-state index in [9.17, 15) is 4.79 Å². The summed E-state index contributed by atoms with van der Waals surface area (Å²) in [7, 11) is 1.80. The molecule has 0 aliphatic carbocycles. The van der Waals surface area contributed by atoms with Crippen molar-refractivity contribution >= 4 is 40.3 Å². The summed E-state index contributed by atoms with van der Waals surface area (Å²) >= 11 is 7.37. The summed E-state index contributed by atoms with van der Waals surface area (Å²) in [5.41, 5.74) is 2.77. The van der Waals surface area contributed by atoms with E-state index < -0.39 is 0 Å². The van der Waals surface area contributed by atoms with E-state index in [1.807, 2.05) is 43.3 Å². The Bertz CT molecular complexity index is 895. The van der Waals surface area contributed by atoms with Crippen LogP contribution in [0.25, 0.3) is 11.0 Å². The average molecular weight is 390 g/mol. The van der Waals surface area contributed by atoms with Crippen LogP contribution in [0, 0.1) is 0 Å². The number of benzene rings is 2. The number of aromatic nitrogens is 2. The molecule has 26 heavy (non-hydrogen) atoms. The number of nitrogens with one attached hydrogen (secondary N) is 1. The number of nitrogens with zero attached hydrogens (tertiary/aromatic N) is 2. The number of fused-ring (bicyclic) bond motifs is 1. The third kappa shape index (κ3) is 4.71. The minimum absolute atomic E-state index is 0.0439. The maximum atomic E-state index is 12.4. The fourth-order valence-electron chi connectivity index (χ4n) is 2.49. The Morgan fingerprint density at radius 2 is 2.04 bits per heavy atom. The van der Waals surface area contributed by atoms with E-state index in [0.717, 1.165) is 22.3 Å². The highest BCUT2D eigenvalue weighted by atomic mass is 35.5. The first-order valence-corrected chi connectivity index (χ1v) is 9.65. The van der Waals surface area contributed by atoms with Gasteiger partial charge in [-0.3, -0.25) is 4.79 Å². The average Bonchev–Trinajstić information content (AvgIpc) is 3.03. The van der Waals surface area contributed by atoms with E-state index in [-0.39, 0.29) is 5.91 Å². The van der Waals surface area contributed by atoms with Gasteiger partial charge in [0.25, 0.3) is 0 Å². The second kappa shape index (κ2) is 8.47. The quantitative estimate of drug-likeness (QED) is 0.610. The molecule has 0 unspecified atom stereocenters. The number of ether oxygens (including phenoxy) is 1. The molecule has 5 nitrogen and oxygen atoms in total. The third-order valence-electron chi connectivity index (χ3n) is 3.83. The Kier molecular flexibility index (Phi) is 6.06. The van der Waals surface area contributed by atoms with Crippen molar-refractivity contribution in [2.24, 2.45) is 0 Å². The Balaban J connectivity index is 1.54. The van der Waals surface area contributed by atoms with Crippen LogP contribution in [0.4, 0.5) is 0 Å². The number of carbonyl (C=O) groups excluding carboxylic acids is 1. The highest BCUT2D eigenvalue weighted by Crippen LogP contribution is 2.22. The topological polar surface area (TPSA) is 58.2 Å². The number of aromatic amines is 1. The van der Waals surface area contributed by atoms with Crippen molar-refractivity contribution in [3.8, 4) is 5.75 Å². The predicted molar refractivity (Wildman–Crippen MR) is 106 cm³/mol. The van der Waals surface area contributed by atoms with Crippen LogP contribution >= 0.6 is 23.4 Å². The van der Waals surface area contributed by atoms with E-state index in [4.69, 9.17) is 16.3 Å². The maximum absolute atomic E-state index is 12.4. The van der Waals surface area contributed by atoms with Gasteiger partial charge in [0.1, 0.15) is 5.75 Å². The first kappa shape index (κ1) is 18.6. The van der Waals surface area contributed by atoms with Gasteiger partial charge in [0.05, 0.1) is 23.4 Å². The first-order valence-electron chi connectivity index (χ1n) is 8.29. The Morgan fingerprint density at radius 1 is 1.27 bits per heavy atom. The van der Waals surface area contributed by atoms with Crippen molar-refractivity contribution in [2.45, 2.75) is 18.6 Å². The number of H-pyrrole nitrogens is 1. The fraction of sp³-hybridized carbons (Fsp3) is 0.263. The van der Waals surface area contributed by atoms with Crippen LogP contribution < -0.4 is 4.74 Å². The lowest BCUT2D eigenvalue weighted by Gasteiger charge is -2.17. The van der Waals surface area contributed by atoms with Crippen molar-refractivity contribution in [3.63, 3.8) is 0 Å². The van der Waals surface area contributed by atoms with Crippen LogP contribution in [0.15, 0.2) is 47.6 Å². The third-order valence-corrected chi connectivity index (χ3v) is 4.93. The van der Waals surface area contributed by atoms with Crippen molar-refractivity contribution < 1.29 is 9.53 Å². The molecular formula is C19H20ClN3O2S. The number of hydrogen-bond donors (Lipinski definition) is 1. The van der Waals surface area contributed by atoms with E-state index in [0.29, 0.717) is 29.1 Å². The number of thioether (sulfide) groups is 1. The van der Waals surface area contributed by atoms with Gasteiger partial charge in [0, 0.05) is 18.6 Å². The number of imidazole rings is 1. The second-order valence-corrected chi connectivity index (χ2v) is 7.22. The molecule has 3 rings (SSSR count). The van der Waals surface area contributed by atoms with Gasteiger partial charge in [0.15, 0.2) is 5.16 Å². The number of hydrogen-bond acceptors (Lipinski definition) is 4.